The van der Waals surface area contributed by atoms with E-state index in [1.54, 1.807) is 0 Å². The standard InChI is InChI=1S/C12H19N3O/c1-4-6-7-8-16-12-10(3)11(13-5-2)14-9-15-12/h4,9H,1,5-8H2,2-3H3,(H,13,14,15). The SMILES string of the molecule is C=CCCCOc1ncnc(NCC)c1C. The molecule has 0 aromatic carbocycles. The Bertz CT molecular complexity index is 339. The van der Waals surface area contributed by atoms with Crippen LogP contribution in [0.5, 0.6) is 5.88 Å². The zero-order chi connectivity index (χ0) is 11.8. The number of nitrogens with one attached hydrogen (secondary N) is 1. The van der Waals surface area contributed by atoms with Crippen molar-refractivity contribution in [3.05, 3.63) is 24.5 Å². The third-order valence-electron chi connectivity index (χ3n) is 2.17. The molecule has 1 heterocycles. The second kappa shape index (κ2) is 6.82. The van der Waals surface area contributed by atoms with E-state index in [-0.39, 0.29) is 0 Å². The average Bonchev–Trinajstić information content (AvgIpc) is 2.29. The molecule has 1 rings (SSSR count). The first-order chi connectivity index (χ1) is 7.79. The number of hydrogen-bond donors (Lipinski definition) is 1. The van der Waals surface area contributed by atoms with Crippen molar-refractivity contribution in [3.8, 4) is 5.88 Å². The summed E-state index contributed by atoms with van der Waals surface area (Å²) >= 11 is 0. The van der Waals surface area contributed by atoms with Crippen molar-refractivity contribution in [2.45, 2.75) is 26.7 Å². The van der Waals surface area contributed by atoms with Crippen molar-refractivity contribution in [2.24, 2.45) is 0 Å². The molecule has 0 amide bonds. The molecule has 0 aliphatic heterocycles. The lowest BCUT2D eigenvalue weighted by Gasteiger charge is -2.10. The lowest BCUT2D eigenvalue weighted by atomic mass is 10.3. The molecule has 0 saturated carbocycles. The number of rotatable bonds is 7. The van der Waals surface area contributed by atoms with E-state index < -0.39 is 0 Å². The van der Waals surface area contributed by atoms with Crippen LogP contribution in [-0.2, 0) is 0 Å². The highest BCUT2D eigenvalue weighted by molar-refractivity contribution is 5.47. The van der Waals surface area contributed by atoms with Crippen LogP contribution in [0.2, 0.25) is 0 Å². The number of allylic oxidation sites excluding steroid dienone is 1. The fourth-order valence-electron chi connectivity index (χ4n) is 1.32. The van der Waals surface area contributed by atoms with Gasteiger partial charge in [0.1, 0.15) is 12.1 Å². The summed E-state index contributed by atoms with van der Waals surface area (Å²) in [5.74, 6) is 1.51. The Kier molecular flexibility index (Phi) is 5.32. The number of ether oxygens (including phenoxy) is 1. The van der Waals surface area contributed by atoms with Gasteiger partial charge in [-0.1, -0.05) is 6.08 Å². The van der Waals surface area contributed by atoms with Crippen molar-refractivity contribution >= 4 is 5.82 Å². The Labute approximate surface area is 96.8 Å². The first-order valence-electron chi connectivity index (χ1n) is 5.58. The van der Waals surface area contributed by atoms with Gasteiger partial charge in [0.25, 0.3) is 0 Å². The maximum absolute atomic E-state index is 5.59. The molecule has 0 aliphatic rings. The predicted octanol–water partition coefficient (Wildman–Crippen LogP) is 2.56. The average molecular weight is 221 g/mol. The molecule has 1 aromatic rings. The summed E-state index contributed by atoms with van der Waals surface area (Å²) in [6, 6.07) is 0. The number of aromatic nitrogens is 2. The van der Waals surface area contributed by atoms with Gasteiger partial charge in [-0.05, 0) is 26.7 Å². The van der Waals surface area contributed by atoms with Crippen LogP contribution in [0.3, 0.4) is 0 Å². The summed E-state index contributed by atoms with van der Waals surface area (Å²) in [6.07, 6.45) is 5.34. The Morgan fingerprint density at radius 3 is 3.00 bits per heavy atom. The smallest absolute Gasteiger partial charge is 0.221 e. The molecule has 16 heavy (non-hydrogen) atoms. The molecule has 4 heteroatoms. The molecule has 0 radical (unpaired) electrons. The Morgan fingerprint density at radius 1 is 1.50 bits per heavy atom. The number of hydrogen-bond acceptors (Lipinski definition) is 4. The lowest BCUT2D eigenvalue weighted by Crippen LogP contribution is -2.06. The molecular weight excluding hydrogens is 202 g/mol. The molecular formula is C12H19N3O. The minimum atomic E-state index is 0.662. The van der Waals surface area contributed by atoms with Crippen molar-refractivity contribution < 1.29 is 4.74 Å². The number of nitrogens with zero attached hydrogens (tertiary/aromatic N) is 2. The van der Waals surface area contributed by atoms with E-state index in [1.165, 1.54) is 6.33 Å². The minimum absolute atomic E-state index is 0.662. The maximum atomic E-state index is 5.59. The van der Waals surface area contributed by atoms with Crippen LogP contribution in [0, 0.1) is 6.92 Å². The van der Waals surface area contributed by atoms with Gasteiger partial charge in [0.2, 0.25) is 5.88 Å². The van der Waals surface area contributed by atoms with Gasteiger partial charge < -0.3 is 10.1 Å². The summed E-state index contributed by atoms with van der Waals surface area (Å²) in [7, 11) is 0. The van der Waals surface area contributed by atoms with Crippen LogP contribution < -0.4 is 10.1 Å². The van der Waals surface area contributed by atoms with Gasteiger partial charge >= 0.3 is 0 Å². The van der Waals surface area contributed by atoms with Crippen LogP contribution in [0.4, 0.5) is 5.82 Å². The first-order valence-corrected chi connectivity index (χ1v) is 5.58. The van der Waals surface area contributed by atoms with Crippen LogP contribution in [0.15, 0.2) is 19.0 Å². The summed E-state index contributed by atoms with van der Waals surface area (Å²) in [5.41, 5.74) is 0.961. The molecule has 0 saturated heterocycles. The monoisotopic (exact) mass is 221 g/mol. The molecule has 0 aliphatic carbocycles. The Morgan fingerprint density at radius 2 is 2.31 bits per heavy atom. The van der Waals surface area contributed by atoms with E-state index >= 15 is 0 Å². The van der Waals surface area contributed by atoms with Gasteiger partial charge in [-0.15, -0.1) is 6.58 Å². The summed E-state index contributed by atoms with van der Waals surface area (Å²) in [5, 5.41) is 3.17. The van der Waals surface area contributed by atoms with E-state index in [2.05, 4.69) is 21.9 Å². The fraction of sp³-hybridized carbons (Fsp3) is 0.500. The van der Waals surface area contributed by atoms with E-state index in [1.807, 2.05) is 19.9 Å². The van der Waals surface area contributed by atoms with Gasteiger partial charge in [0.15, 0.2) is 0 Å². The van der Waals surface area contributed by atoms with Crippen LogP contribution >= 0.6 is 0 Å². The maximum Gasteiger partial charge on any atom is 0.221 e. The fourth-order valence-corrected chi connectivity index (χ4v) is 1.32. The molecule has 88 valence electrons. The van der Waals surface area contributed by atoms with E-state index in [0.717, 1.165) is 30.8 Å². The highest BCUT2D eigenvalue weighted by Crippen LogP contribution is 2.20. The molecule has 0 atom stereocenters. The quantitative estimate of drug-likeness (QED) is 0.568. The molecule has 4 nitrogen and oxygen atoms in total. The molecule has 1 aromatic heterocycles. The van der Waals surface area contributed by atoms with Gasteiger partial charge in [-0.3, -0.25) is 0 Å². The summed E-state index contributed by atoms with van der Waals surface area (Å²) in [6.45, 7) is 9.17. The van der Waals surface area contributed by atoms with Gasteiger partial charge in [-0.2, -0.15) is 0 Å². The second-order valence-electron chi connectivity index (χ2n) is 3.46. The number of unbranched alkanes of at least 4 members (excludes halogenated alkanes) is 1. The topological polar surface area (TPSA) is 47.0 Å². The summed E-state index contributed by atoms with van der Waals surface area (Å²) < 4.78 is 5.59. The van der Waals surface area contributed by atoms with Crippen LogP contribution in [0.1, 0.15) is 25.3 Å². The molecule has 0 unspecified atom stereocenters. The van der Waals surface area contributed by atoms with E-state index in [0.29, 0.717) is 12.5 Å². The Balaban J connectivity index is 2.58. The normalized spacial score (nSPS) is 9.88. The highest BCUT2D eigenvalue weighted by atomic mass is 16.5. The Hall–Kier alpha value is -1.58. The second-order valence-corrected chi connectivity index (χ2v) is 3.46. The minimum Gasteiger partial charge on any atom is -0.477 e. The van der Waals surface area contributed by atoms with Crippen molar-refractivity contribution in [2.75, 3.05) is 18.5 Å². The molecule has 0 bridgehead atoms. The third-order valence-corrected chi connectivity index (χ3v) is 2.17. The predicted molar refractivity (Wildman–Crippen MR) is 65.9 cm³/mol. The van der Waals surface area contributed by atoms with Crippen LogP contribution in [0.25, 0.3) is 0 Å². The van der Waals surface area contributed by atoms with Crippen molar-refractivity contribution in [3.63, 3.8) is 0 Å². The summed E-state index contributed by atoms with van der Waals surface area (Å²) in [4.78, 5) is 8.27. The van der Waals surface area contributed by atoms with Crippen molar-refractivity contribution in [1.29, 1.82) is 0 Å². The van der Waals surface area contributed by atoms with Crippen LogP contribution in [-0.4, -0.2) is 23.1 Å². The first kappa shape index (κ1) is 12.5. The molecule has 0 spiro atoms. The zero-order valence-corrected chi connectivity index (χ0v) is 9.99. The van der Waals surface area contributed by atoms with E-state index in [9.17, 15) is 0 Å². The largest absolute Gasteiger partial charge is 0.477 e. The third kappa shape index (κ3) is 3.53. The highest BCUT2D eigenvalue weighted by Gasteiger charge is 2.06. The molecule has 0 fully saturated rings. The lowest BCUT2D eigenvalue weighted by molar-refractivity contribution is 0.297. The van der Waals surface area contributed by atoms with Gasteiger partial charge in [0, 0.05) is 6.54 Å². The van der Waals surface area contributed by atoms with E-state index in [4.69, 9.17) is 4.74 Å². The zero-order valence-electron chi connectivity index (χ0n) is 9.99. The van der Waals surface area contributed by atoms with Crippen molar-refractivity contribution in [1.82, 2.24) is 9.97 Å². The molecule has 1 N–H and O–H groups in total. The van der Waals surface area contributed by atoms with Gasteiger partial charge in [0.05, 0.1) is 12.2 Å². The van der Waals surface area contributed by atoms with Gasteiger partial charge in [-0.25, -0.2) is 9.97 Å². The number of anilines is 1.